The van der Waals surface area contributed by atoms with Crippen LogP contribution in [0.3, 0.4) is 0 Å². The van der Waals surface area contributed by atoms with Crippen LogP contribution in [-0.2, 0) is 4.79 Å². The standard InChI is InChI=1S/C12H23NO2/c1-10(2)13(9-5-8-12(14)15)11-6-3-4-7-11/h10-11H,3-9H2,1-2H3,(H,14,15). The van der Waals surface area contributed by atoms with Crippen LogP contribution in [0, 0.1) is 0 Å². The lowest BCUT2D eigenvalue weighted by atomic mass is 10.1. The molecule has 0 spiro atoms. The second kappa shape index (κ2) is 6.11. The summed E-state index contributed by atoms with van der Waals surface area (Å²) in [5, 5.41) is 8.61. The molecule has 0 aromatic heterocycles. The molecule has 0 bridgehead atoms. The Morgan fingerprint density at radius 1 is 1.40 bits per heavy atom. The summed E-state index contributed by atoms with van der Waals surface area (Å²) in [6.07, 6.45) is 6.36. The number of carbonyl (C=O) groups is 1. The lowest BCUT2D eigenvalue weighted by molar-refractivity contribution is -0.137. The first-order valence-corrected chi connectivity index (χ1v) is 6.09. The molecule has 0 aromatic rings. The van der Waals surface area contributed by atoms with Crippen LogP contribution in [0.5, 0.6) is 0 Å². The minimum Gasteiger partial charge on any atom is -0.481 e. The molecule has 3 heteroatoms. The number of carboxylic acid groups (broad SMARTS) is 1. The topological polar surface area (TPSA) is 40.5 Å². The number of hydrogen-bond acceptors (Lipinski definition) is 2. The third kappa shape index (κ3) is 4.20. The van der Waals surface area contributed by atoms with Gasteiger partial charge in [0.1, 0.15) is 0 Å². The maximum Gasteiger partial charge on any atom is 0.303 e. The third-order valence-corrected chi connectivity index (χ3v) is 3.26. The Hall–Kier alpha value is -0.570. The number of rotatable bonds is 6. The first-order valence-electron chi connectivity index (χ1n) is 6.09. The molecule has 0 amide bonds. The zero-order valence-electron chi connectivity index (χ0n) is 9.91. The van der Waals surface area contributed by atoms with E-state index in [2.05, 4.69) is 18.7 Å². The van der Waals surface area contributed by atoms with Gasteiger partial charge in [0, 0.05) is 18.5 Å². The van der Waals surface area contributed by atoms with Crippen molar-refractivity contribution in [1.29, 1.82) is 0 Å². The first-order chi connectivity index (χ1) is 7.11. The van der Waals surface area contributed by atoms with E-state index in [0.717, 1.165) is 13.0 Å². The van der Waals surface area contributed by atoms with Crippen molar-refractivity contribution in [3.05, 3.63) is 0 Å². The van der Waals surface area contributed by atoms with Crippen molar-refractivity contribution in [3.8, 4) is 0 Å². The highest BCUT2D eigenvalue weighted by molar-refractivity contribution is 5.66. The van der Waals surface area contributed by atoms with Gasteiger partial charge in [-0.1, -0.05) is 12.8 Å². The molecule has 15 heavy (non-hydrogen) atoms. The quantitative estimate of drug-likeness (QED) is 0.737. The van der Waals surface area contributed by atoms with Gasteiger partial charge in [0.2, 0.25) is 0 Å². The monoisotopic (exact) mass is 213 g/mol. The van der Waals surface area contributed by atoms with Gasteiger partial charge in [-0.2, -0.15) is 0 Å². The molecule has 0 aliphatic heterocycles. The molecule has 0 heterocycles. The molecule has 1 aliphatic rings. The van der Waals surface area contributed by atoms with Crippen LogP contribution in [0.15, 0.2) is 0 Å². The maximum atomic E-state index is 10.5. The van der Waals surface area contributed by atoms with Crippen molar-refractivity contribution in [2.24, 2.45) is 0 Å². The van der Waals surface area contributed by atoms with Crippen LogP contribution in [0.4, 0.5) is 0 Å². The molecule has 1 fully saturated rings. The van der Waals surface area contributed by atoms with Crippen LogP contribution >= 0.6 is 0 Å². The molecule has 3 nitrogen and oxygen atoms in total. The van der Waals surface area contributed by atoms with E-state index in [4.69, 9.17) is 5.11 Å². The van der Waals surface area contributed by atoms with Crippen LogP contribution in [0.25, 0.3) is 0 Å². The van der Waals surface area contributed by atoms with E-state index >= 15 is 0 Å². The normalized spacial score (nSPS) is 17.9. The highest BCUT2D eigenvalue weighted by Crippen LogP contribution is 2.25. The summed E-state index contributed by atoms with van der Waals surface area (Å²) >= 11 is 0. The number of nitrogens with zero attached hydrogens (tertiary/aromatic N) is 1. The number of hydrogen-bond donors (Lipinski definition) is 1. The first kappa shape index (κ1) is 12.5. The van der Waals surface area contributed by atoms with E-state index in [-0.39, 0.29) is 0 Å². The summed E-state index contributed by atoms with van der Waals surface area (Å²) in [5.74, 6) is -0.676. The number of carboxylic acids is 1. The van der Waals surface area contributed by atoms with E-state index in [1.165, 1.54) is 25.7 Å². The van der Waals surface area contributed by atoms with Gasteiger partial charge < -0.3 is 5.11 Å². The molecule has 0 unspecified atom stereocenters. The van der Waals surface area contributed by atoms with E-state index in [1.807, 2.05) is 0 Å². The van der Waals surface area contributed by atoms with Gasteiger partial charge in [0.25, 0.3) is 0 Å². The fourth-order valence-electron chi connectivity index (χ4n) is 2.51. The Kier molecular flexibility index (Phi) is 5.09. The predicted molar refractivity (Wildman–Crippen MR) is 61.0 cm³/mol. The van der Waals surface area contributed by atoms with Crippen molar-refractivity contribution in [2.45, 2.75) is 64.5 Å². The molecule has 1 saturated carbocycles. The second-order valence-corrected chi connectivity index (χ2v) is 4.77. The lowest BCUT2D eigenvalue weighted by Crippen LogP contribution is -2.39. The smallest absolute Gasteiger partial charge is 0.303 e. The van der Waals surface area contributed by atoms with Gasteiger partial charge in [-0.15, -0.1) is 0 Å². The van der Waals surface area contributed by atoms with Crippen LogP contribution in [0.2, 0.25) is 0 Å². The Balaban J connectivity index is 2.33. The molecular weight excluding hydrogens is 190 g/mol. The summed E-state index contributed by atoms with van der Waals surface area (Å²) < 4.78 is 0. The molecular formula is C12H23NO2. The molecule has 88 valence electrons. The maximum absolute atomic E-state index is 10.5. The zero-order chi connectivity index (χ0) is 11.3. The molecule has 1 aliphatic carbocycles. The Labute approximate surface area is 92.5 Å². The molecule has 0 saturated heterocycles. The van der Waals surface area contributed by atoms with Gasteiger partial charge >= 0.3 is 5.97 Å². The van der Waals surface area contributed by atoms with E-state index in [1.54, 1.807) is 0 Å². The summed E-state index contributed by atoms with van der Waals surface area (Å²) in [5.41, 5.74) is 0. The summed E-state index contributed by atoms with van der Waals surface area (Å²) in [6.45, 7) is 5.35. The Bertz CT molecular complexity index is 198. The summed E-state index contributed by atoms with van der Waals surface area (Å²) in [7, 11) is 0. The largest absolute Gasteiger partial charge is 0.481 e. The average molecular weight is 213 g/mol. The van der Waals surface area contributed by atoms with Crippen molar-refractivity contribution in [1.82, 2.24) is 4.90 Å². The van der Waals surface area contributed by atoms with Crippen LogP contribution in [0.1, 0.15) is 52.4 Å². The van der Waals surface area contributed by atoms with Crippen molar-refractivity contribution in [2.75, 3.05) is 6.54 Å². The SMILES string of the molecule is CC(C)N(CCCC(=O)O)C1CCCC1. The molecule has 0 atom stereocenters. The van der Waals surface area contributed by atoms with Crippen LogP contribution < -0.4 is 0 Å². The average Bonchev–Trinajstić information content (AvgIpc) is 2.63. The fraction of sp³-hybridized carbons (Fsp3) is 0.917. The highest BCUT2D eigenvalue weighted by atomic mass is 16.4. The van der Waals surface area contributed by atoms with Gasteiger partial charge in [-0.3, -0.25) is 9.69 Å². The second-order valence-electron chi connectivity index (χ2n) is 4.77. The predicted octanol–water partition coefficient (Wildman–Crippen LogP) is 2.50. The Morgan fingerprint density at radius 2 is 2.00 bits per heavy atom. The molecule has 1 N–H and O–H groups in total. The van der Waals surface area contributed by atoms with Gasteiger partial charge in [-0.25, -0.2) is 0 Å². The fourth-order valence-corrected chi connectivity index (χ4v) is 2.51. The van der Waals surface area contributed by atoms with Gasteiger partial charge in [-0.05, 0) is 39.7 Å². The minimum absolute atomic E-state index is 0.302. The highest BCUT2D eigenvalue weighted by Gasteiger charge is 2.23. The summed E-state index contributed by atoms with van der Waals surface area (Å²) in [6, 6.07) is 1.25. The van der Waals surface area contributed by atoms with E-state index in [9.17, 15) is 4.79 Å². The third-order valence-electron chi connectivity index (χ3n) is 3.26. The summed E-state index contributed by atoms with van der Waals surface area (Å²) in [4.78, 5) is 12.9. The molecule has 0 radical (unpaired) electrons. The zero-order valence-corrected chi connectivity index (χ0v) is 9.91. The molecule has 0 aromatic carbocycles. The number of aliphatic carboxylic acids is 1. The Morgan fingerprint density at radius 3 is 2.47 bits per heavy atom. The molecule has 1 rings (SSSR count). The van der Waals surface area contributed by atoms with Crippen molar-refractivity contribution in [3.63, 3.8) is 0 Å². The van der Waals surface area contributed by atoms with Crippen molar-refractivity contribution >= 4 is 5.97 Å². The van der Waals surface area contributed by atoms with E-state index < -0.39 is 5.97 Å². The minimum atomic E-state index is -0.676. The van der Waals surface area contributed by atoms with E-state index in [0.29, 0.717) is 18.5 Å². The van der Waals surface area contributed by atoms with Crippen LogP contribution in [-0.4, -0.2) is 34.6 Å². The van der Waals surface area contributed by atoms with Gasteiger partial charge in [0.05, 0.1) is 0 Å². The van der Waals surface area contributed by atoms with Gasteiger partial charge in [0.15, 0.2) is 0 Å². The van der Waals surface area contributed by atoms with Crippen molar-refractivity contribution < 1.29 is 9.90 Å². The lowest BCUT2D eigenvalue weighted by Gasteiger charge is -2.32.